The Morgan fingerprint density at radius 1 is 1.13 bits per heavy atom. The van der Waals surface area contributed by atoms with Gasteiger partial charge in [0, 0.05) is 42.3 Å². The van der Waals surface area contributed by atoms with Gasteiger partial charge in [-0.1, -0.05) is 48.9 Å². The third-order valence-corrected chi connectivity index (χ3v) is 5.98. The van der Waals surface area contributed by atoms with Crippen molar-refractivity contribution in [3.63, 3.8) is 0 Å². The van der Waals surface area contributed by atoms with Crippen molar-refractivity contribution in [3.05, 3.63) is 76.3 Å². The second-order valence-corrected chi connectivity index (χ2v) is 8.17. The Morgan fingerprint density at radius 3 is 2.47 bits per heavy atom. The van der Waals surface area contributed by atoms with Crippen LogP contribution in [-0.2, 0) is 4.79 Å². The summed E-state index contributed by atoms with van der Waals surface area (Å²) < 4.78 is 0. The predicted molar refractivity (Wildman–Crippen MR) is 123 cm³/mol. The fourth-order valence-corrected chi connectivity index (χ4v) is 4.02. The number of carbonyl (C=O) groups excluding carboxylic acids is 2. The van der Waals surface area contributed by atoms with E-state index in [1.165, 1.54) is 0 Å². The van der Waals surface area contributed by atoms with Crippen molar-refractivity contribution in [2.75, 3.05) is 19.6 Å². The topological polar surface area (TPSA) is 40.6 Å². The Hall–Kier alpha value is -2.59. The summed E-state index contributed by atoms with van der Waals surface area (Å²) in [5.74, 6) is 0.0833. The van der Waals surface area contributed by atoms with Gasteiger partial charge in [-0.3, -0.25) is 9.59 Å². The van der Waals surface area contributed by atoms with E-state index in [-0.39, 0.29) is 17.9 Å². The lowest BCUT2D eigenvalue weighted by molar-refractivity contribution is -0.129. The van der Waals surface area contributed by atoms with Crippen LogP contribution in [0.1, 0.15) is 47.7 Å². The van der Waals surface area contributed by atoms with Crippen LogP contribution in [0, 0.1) is 6.92 Å². The molecule has 2 aromatic rings. The quantitative estimate of drug-likeness (QED) is 0.597. The Kier molecular flexibility index (Phi) is 7.69. The summed E-state index contributed by atoms with van der Waals surface area (Å²) in [6, 6.07) is 15.3. The van der Waals surface area contributed by atoms with Crippen LogP contribution in [0.25, 0.3) is 6.08 Å². The molecule has 2 aromatic carbocycles. The van der Waals surface area contributed by atoms with Crippen LogP contribution in [0.15, 0.2) is 54.6 Å². The molecule has 0 spiro atoms. The van der Waals surface area contributed by atoms with Gasteiger partial charge in [0.05, 0.1) is 0 Å². The van der Waals surface area contributed by atoms with E-state index in [9.17, 15) is 9.59 Å². The molecular formula is C25H29ClN2O2. The number of carbonyl (C=O) groups is 2. The summed E-state index contributed by atoms with van der Waals surface area (Å²) in [4.78, 5) is 29.4. The van der Waals surface area contributed by atoms with Crippen LogP contribution in [-0.4, -0.2) is 47.3 Å². The third-order valence-electron chi connectivity index (χ3n) is 5.58. The van der Waals surface area contributed by atoms with Gasteiger partial charge in [0.1, 0.15) is 0 Å². The number of benzene rings is 2. The van der Waals surface area contributed by atoms with Gasteiger partial charge in [-0.2, -0.15) is 0 Å². The van der Waals surface area contributed by atoms with E-state index >= 15 is 0 Å². The van der Waals surface area contributed by atoms with Crippen LogP contribution in [0.4, 0.5) is 0 Å². The van der Waals surface area contributed by atoms with Crippen molar-refractivity contribution in [1.29, 1.82) is 0 Å². The molecule has 1 aliphatic heterocycles. The van der Waals surface area contributed by atoms with Crippen molar-refractivity contribution in [2.45, 2.75) is 39.2 Å². The van der Waals surface area contributed by atoms with Gasteiger partial charge in [-0.15, -0.1) is 0 Å². The molecule has 0 unspecified atom stereocenters. The molecule has 0 aliphatic carbocycles. The van der Waals surface area contributed by atoms with Crippen LogP contribution in [0.3, 0.4) is 0 Å². The number of rotatable bonds is 6. The predicted octanol–water partition coefficient (Wildman–Crippen LogP) is 5.21. The summed E-state index contributed by atoms with van der Waals surface area (Å²) in [5.41, 5.74) is 2.65. The van der Waals surface area contributed by atoms with E-state index in [0.717, 1.165) is 42.5 Å². The first-order valence-electron chi connectivity index (χ1n) is 10.6. The van der Waals surface area contributed by atoms with Crippen LogP contribution < -0.4 is 0 Å². The number of nitrogens with zero attached hydrogens (tertiary/aromatic N) is 2. The molecule has 0 N–H and O–H groups in total. The van der Waals surface area contributed by atoms with E-state index in [1.807, 2.05) is 71.3 Å². The Bertz CT molecular complexity index is 903. The summed E-state index contributed by atoms with van der Waals surface area (Å²) >= 11 is 6.19. The fraction of sp³-hybridized carbons (Fsp3) is 0.360. The van der Waals surface area contributed by atoms with Crippen molar-refractivity contribution in [3.8, 4) is 0 Å². The van der Waals surface area contributed by atoms with Crippen molar-refractivity contribution < 1.29 is 9.59 Å². The Morgan fingerprint density at radius 2 is 1.83 bits per heavy atom. The van der Waals surface area contributed by atoms with Gasteiger partial charge in [-0.25, -0.2) is 0 Å². The maximum atomic E-state index is 12.9. The molecule has 1 aliphatic rings. The monoisotopic (exact) mass is 424 g/mol. The lowest BCUT2D eigenvalue weighted by Crippen LogP contribution is -2.48. The number of likely N-dealkylation sites (tertiary alicyclic amines) is 1. The van der Waals surface area contributed by atoms with Gasteiger partial charge in [0.25, 0.3) is 5.91 Å². The molecule has 5 heteroatoms. The molecule has 1 fully saturated rings. The molecule has 0 atom stereocenters. The Balaban J connectivity index is 1.62. The minimum absolute atomic E-state index is 0.0152. The molecule has 1 heterocycles. The lowest BCUT2D eigenvalue weighted by atomic mass is 10.0. The smallest absolute Gasteiger partial charge is 0.253 e. The molecule has 0 aromatic heterocycles. The molecule has 3 rings (SSSR count). The van der Waals surface area contributed by atoms with Crippen LogP contribution in [0.2, 0.25) is 5.02 Å². The Labute approximate surface area is 184 Å². The lowest BCUT2D eigenvalue weighted by Gasteiger charge is -2.38. The van der Waals surface area contributed by atoms with Crippen LogP contribution >= 0.6 is 11.6 Å². The standard InChI is InChI=1S/C25H29ClN2O2/c1-3-15-28(24(29)12-11-20-10-9-19(2)23(26)18-20)22-13-16-27(17-14-22)25(30)21-7-5-4-6-8-21/h4-12,18,22H,3,13-17H2,1-2H3/b12-11+. The SMILES string of the molecule is CCCN(C(=O)/C=C/c1ccc(C)c(Cl)c1)C1CCN(C(=O)c2ccccc2)CC1. The highest BCUT2D eigenvalue weighted by Crippen LogP contribution is 2.21. The highest BCUT2D eigenvalue weighted by molar-refractivity contribution is 6.31. The zero-order valence-electron chi connectivity index (χ0n) is 17.7. The third kappa shape index (κ3) is 5.51. The van der Waals surface area contributed by atoms with Gasteiger partial charge < -0.3 is 9.80 Å². The van der Waals surface area contributed by atoms with E-state index < -0.39 is 0 Å². The molecule has 1 saturated heterocycles. The zero-order valence-corrected chi connectivity index (χ0v) is 18.4. The molecule has 30 heavy (non-hydrogen) atoms. The minimum Gasteiger partial charge on any atom is -0.338 e. The molecular weight excluding hydrogens is 396 g/mol. The maximum Gasteiger partial charge on any atom is 0.253 e. The van der Waals surface area contributed by atoms with Gasteiger partial charge in [0.15, 0.2) is 0 Å². The second-order valence-electron chi connectivity index (χ2n) is 7.76. The summed E-state index contributed by atoms with van der Waals surface area (Å²) in [6.45, 7) is 6.10. The zero-order chi connectivity index (χ0) is 21.5. The number of halogens is 1. The fourth-order valence-electron chi connectivity index (χ4n) is 3.83. The molecule has 0 bridgehead atoms. The largest absolute Gasteiger partial charge is 0.338 e. The van der Waals surface area contributed by atoms with Crippen molar-refractivity contribution in [1.82, 2.24) is 9.80 Å². The normalized spacial score (nSPS) is 14.8. The van der Waals surface area contributed by atoms with E-state index in [2.05, 4.69) is 6.92 Å². The average molecular weight is 425 g/mol. The van der Waals surface area contributed by atoms with Crippen molar-refractivity contribution >= 4 is 29.5 Å². The number of hydrogen-bond acceptors (Lipinski definition) is 2. The first-order valence-corrected chi connectivity index (χ1v) is 11.0. The molecule has 4 nitrogen and oxygen atoms in total. The van der Waals surface area contributed by atoms with E-state index in [4.69, 9.17) is 11.6 Å². The molecule has 158 valence electrons. The number of hydrogen-bond donors (Lipinski definition) is 0. The first-order chi connectivity index (χ1) is 14.5. The molecule has 0 saturated carbocycles. The summed E-state index contributed by atoms with van der Waals surface area (Å²) in [7, 11) is 0. The first kappa shape index (κ1) is 22.1. The minimum atomic E-state index is 0.0152. The highest BCUT2D eigenvalue weighted by Gasteiger charge is 2.28. The number of aryl methyl sites for hydroxylation is 1. The number of piperidine rings is 1. The average Bonchev–Trinajstić information content (AvgIpc) is 2.78. The second kappa shape index (κ2) is 10.4. The van der Waals surface area contributed by atoms with E-state index in [0.29, 0.717) is 18.1 Å². The highest BCUT2D eigenvalue weighted by atomic mass is 35.5. The molecule has 0 radical (unpaired) electrons. The van der Waals surface area contributed by atoms with Gasteiger partial charge in [0.2, 0.25) is 5.91 Å². The van der Waals surface area contributed by atoms with Gasteiger partial charge >= 0.3 is 0 Å². The maximum absolute atomic E-state index is 12.9. The number of amides is 2. The van der Waals surface area contributed by atoms with E-state index in [1.54, 1.807) is 6.08 Å². The van der Waals surface area contributed by atoms with Crippen molar-refractivity contribution in [2.24, 2.45) is 0 Å². The molecule has 2 amide bonds. The van der Waals surface area contributed by atoms with Gasteiger partial charge in [-0.05, 0) is 61.6 Å². The summed E-state index contributed by atoms with van der Waals surface area (Å²) in [5, 5.41) is 0.700. The van der Waals surface area contributed by atoms with Crippen LogP contribution in [0.5, 0.6) is 0 Å². The summed E-state index contributed by atoms with van der Waals surface area (Å²) in [6.07, 6.45) is 5.96.